The Labute approximate surface area is 161 Å². The van der Waals surface area contributed by atoms with Crippen molar-refractivity contribution in [1.82, 2.24) is 5.32 Å². The molecule has 0 heterocycles. The van der Waals surface area contributed by atoms with Crippen molar-refractivity contribution in [1.29, 1.82) is 0 Å². The number of carbonyl (C=O) groups is 2. The molecule has 0 aliphatic heterocycles. The maximum atomic E-state index is 13.5. The van der Waals surface area contributed by atoms with Crippen LogP contribution in [0.5, 0.6) is 5.75 Å². The number of amides is 1. The van der Waals surface area contributed by atoms with Gasteiger partial charge in [0.05, 0.1) is 5.56 Å². The van der Waals surface area contributed by atoms with E-state index in [0.717, 1.165) is 35.2 Å². The largest absolute Gasteiger partial charge is 0.489 e. The Bertz CT molecular complexity index is 904. The molecule has 0 saturated carbocycles. The van der Waals surface area contributed by atoms with Gasteiger partial charge < -0.3 is 10.1 Å². The molecule has 1 N–H and O–H groups in total. The number of benzene rings is 2. The fourth-order valence-corrected chi connectivity index (χ4v) is 2.99. The van der Waals surface area contributed by atoms with Crippen LogP contribution in [-0.4, -0.2) is 18.7 Å². The fourth-order valence-electron chi connectivity index (χ4n) is 2.99. The lowest BCUT2D eigenvalue weighted by Gasteiger charge is -2.18. The highest BCUT2D eigenvalue weighted by atomic mass is 19.4. The SMILES string of the molecule is CCc1cc(C)c(OCc2c(C(=O)C(=O)NC)cccc2C(F)(F)F)cc1C. The number of rotatable bonds is 6. The van der Waals surface area contributed by atoms with Crippen molar-refractivity contribution in [3.8, 4) is 5.75 Å². The number of likely N-dealkylation sites (N-methyl/N-ethyl adjacent to an activating group) is 1. The third-order valence-corrected chi connectivity index (χ3v) is 4.55. The summed E-state index contributed by atoms with van der Waals surface area (Å²) >= 11 is 0. The highest BCUT2D eigenvalue weighted by Gasteiger charge is 2.36. The van der Waals surface area contributed by atoms with Crippen LogP contribution in [0.25, 0.3) is 0 Å². The van der Waals surface area contributed by atoms with Crippen LogP contribution in [0.1, 0.15) is 45.1 Å². The molecular formula is C21H22F3NO3. The van der Waals surface area contributed by atoms with E-state index in [1.54, 1.807) is 13.0 Å². The van der Waals surface area contributed by atoms with Crippen LogP contribution >= 0.6 is 0 Å². The lowest BCUT2D eigenvalue weighted by Crippen LogP contribution is -2.29. The van der Waals surface area contributed by atoms with Crippen LogP contribution in [0.2, 0.25) is 0 Å². The van der Waals surface area contributed by atoms with Gasteiger partial charge in [-0.2, -0.15) is 13.2 Å². The number of hydrogen-bond donors (Lipinski definition) is 1. The third-order valence-electron chi connectivity index (χ3n) is 4.55. The number of aryl methyl sites for hydroxylation is 3. The minimum atomic E-state index is -4.69. The van der Waals surface area contributed by atoms with Gasteiger partial charge in [0.25, 0.3) is 11.7 Å². The van der Waals surface area contributed by atoms with E-state index in [9.17, 15) is 22.8 Å². The first-order valence-corrected chi connectivity index (χ1v) is 8.78. The second-order valence-electron chi connectivity index (χ2n) is 6.42. The van der Waals surface area contributed by atoms with Crippen LogP contribution in [-0.2, 0) is 24.0 Å². The van der Waals surface area contributed by atoms with Gasteiger partial charge in [-0.1, -0.05) is 25.1 Å². The monoisotopic (exact) mass is 393 g/mol. The number of ketones is 1. The van der Waals surface area contributed by atoms with Gasteiger partial charge in [-0.3, -0.25) is 9.59 Å². The molecule has 4 nitrogen and oxygen atoms in total. The van der Waals surface area contributed by atoms with Gasteiger partial charge in [-0.25, -0.2) is 0 Å². The average molecular weight is 393 g/mol. The zero-order chi connectivity index (χ0) is 21.1. The molecule has 0 aromatic heterocycles. The first kappa shape index (κ1) is 21.5. The number of carbonyl (C=O) groups excluding carboxylic acids is 2. The molecule has 7 heteroatoms. The Hall–Kier alpha value is -2.83. The number of alkyl halides is 3. The number of ether oxygens (including phenoxy) is 1. The summed E-state index contributed by atoms with van der Waals surface area (Å²) < 4.78 is 46.1. The summed E-state index contributed by atoms with van der Waals surface area (Å²) in [6.07, 6.45) is -3.86. The summed E-state index contributed by atoms with van der Waals surface area (Å²) in [4.78, 5) is 23.9. The van der Waals surface area contributed by atoms with Crippen LogP contribution in [0.15, 0.2) is 30.3 Å². The first-order valence-electron chi connectivity index (χ1n) is 8.78. The maximum Gasteiger partial charge on any atom is 0.416 e. The van der Waals surface area contributed by atoms with Crippen molar-refractivity contribution in [2.24, 2.45) is 0 Å². The summed E-state index contributed by atoms with van der Waals surface area (Å²) in [5.41, 5.74) is 1.19. The molecule has 2 aromatic rings. The molecule has 0 aliphatic carbocycles. The second-order valence-corrected chi connectivity index (χ2v) is 6.42. The second kappa shape index (κ2) is 8.46. The Balaban J connectivity index is 2.48. The molecule has 150 valence electrons. The van der Waals surface area contributed by atoms with Crippen molar-refractivity contribution in [2.75, 3.05) is 7.05 Å². The minimum Gasteiger partial charge on any atom is -0.489 e. The molecule has 28 heavy (non-hydrogen) atoms. The Morgan fingerprint density at radius 2 is 1.79 bits per heavy atom. The van der Waals surface area contributed by atoms with Gasteiger partial charge in [-0.05, 0) is 49.1 Å². The van der Waals surface area contributed by atoms with Crippen molar-refractivity contribution in [2.45, 2.75) is 40.0 Å². The lowest BCUT2D eigenvalue weighted by molar-refractivity contribution is -0.138. The predicted octanol–water partition coefficient (Wildman–Crippen LogP) is 4.39. The van der Waals surface area contributed by atoms with Crippen LogP contribution in [0, 0.1) is 13.8 Å². The van der Waals surface area contributed by atoms with E-state index in [1.807, 2.05) is 19.9 Å². The zero-order valence-electron chi connectivity index (χ0n) is 16.2. The number of hydrogen-bond acceptors (Lipinski definition) is 3. The van der Waals surface area contributed by atoms with Crippen molar-refractivity contribution >= 4 is 11.7 Å². The summed E-state index contributed by atoms with van der Waals surface area (Å²) in [5, 5.41) is 2.14. The van der Waals surface area contributed by atoms with E-state index in [-0.39, 0.29) is 11.1 Å². The molecule has 0 unspecified atom stereocenters. The predicted molar refractivity (Wildman–Crippen MR) is 99.5 cm³/mol. The molecule has 0 aliphatic rings. The fraction of sp³-hybridized carbons (Fsp3) is 0.333. The summed E-state index contributed by atoms with van der Waals surface area (Å²) in [7, 11) is 1.24. The molecule has 2 rings (SSSR count). The van der Waals surface area contributed by atoms with Gasteiger partial charge in [0.2, 0.25) is 0 Å². The third kappa shape index (κ3) is 4.52. The topological polar surface area (TPSA) is 55.4 Å². The molecule has 2 aromatic carbocycles. The average Bonchev–Trinajstić information content (AvgIpc) is 2.65. The Morgan fingerprint density at radius 1 is 1.11 bits per heavy atom. The Kier molecular flexibility index (Phi) is 6.48. The van der Waals surface area contributed by atoms with Crippen LogP contribution in [0.3, 0.4) is 0 Å². The van der Waals surface area contributed by atoms with Gasteiger partial charge in [0.15, 0.2) is 0 Å². The van der Waals surface area contributed by atoms with E-state index in [1.165, 1.54) is 13.1 Å². The van der Waals surface area contributed by atoms with Crippen LogP contribution in [0.4, 0.5) is 13.2 Å². The lowest BCUT2D eigenvalue weighted by atomic mass is 9.97. The molecule has 0 spiro atoms. The minimum absolute atomic E-state index is 0.325. The molecule has 1 amide bonds. The summed E-state index contributed by atoms with van der Waals surface area (Å²) in [5.74, 6) is -1.59. The molecule has 0 radical (unpaired) electrons. The highest BCUT2D eigenvalue weighted by molar-refractivity contribution is 6.43. The van der Waals surface area contributed by atoms with Gasteiger partial charge in [-0.15, -0.1) is 0 Å². The van der Waals surface area contributed by atoms with E-state index >= 15 is 0 Å². The zero-order valence-corrected chi connectivity index (χ0v) is 16.2. The smallest absolute Gasteiger partial charge is 0.416 e. The molecule has 0 atom stereocenters. The normalized spacial score (nSPS) is 11.2. The first-order chi connectivity index (χ1) is 13.1. The van der Waals surface area contributed by atoms with E-state index in [0.29, 0.717) is 5.75 Å². The van der Waals surface area contributed by atoms with Crippen LogP contribution < -0.4 is 10.1 Å². The van der Waals surface area contributed by atoms with Crippen molar-refractivity contribution < 1.29 is 27.5 Å². The number of halogens is 3. The summed E-state index contributed by atoms with van der Waals surface area (Å²) in [6.45, 7) is 5.23. The van der Waals surface area contributed by atoms with Gasteiger partial charge in [0, 0.05) is 18.2 Å². The number of nitrogens with one attached hydrogen (secondary N) is 1. The molecule has 0 saturated heterocycles. The highest BCUT2D eigenvalue weighted by Crippen LogP contribution is 2.34. The quantitative estimate of drug-likeness (QED) is 0.585. The summed E-state index contributed by atoms with van der Waals surface area (Å²) in [6, 6.07) is 6.87. The van der Waals surface area contributed by atoms with E-state index < -0.39 is 30.0 Å². The van der Waals surface area contributed by atoms with E-state index in [4.69, 9.17) is 4.74 Å². The molecule has 0 fully saturated rings. The van der Waals surface area contributed by atoms with E-state index in [2.05, 4.69) is 5.32 Å². The molecule has 0 bridgehead atoms. The van der Waals surface area contributed by atoms with Crippen molar-refractivity contribution in [3.05, 3.63) is 63.7 Å². The number of Topliss-reactive ketones (excluding diaryl/α,β-unsaturated/α-hetero) is 1. The van der Waals surface area contributed by atoms with Gasteiger partial charge in [0.1, 0.15) is 12.4 Å². The molecular weight excluding hydrogens is 371 g/mol. The van der Waals surface area contributed by atoms with Gasteiger partial charge >= 0.3 is 6.18 Å². The maximum absolute atomic E-state index is 13.5. The Morgan fingerprint density at radius 3 is 2.36 bits per heavy atom. The van der Waals surface area contributed by atoms with Crippen molar-refractivity contribution in [3.63, 3.8) is 0 Å². The standard InChI is InChI=1S/C21H22F3NO3/c1-5-14-9-13(3)18(10-12(14)2)28-11-16-15(19(26)20(27)25-4)7-6-8-17(16)21(22,23)24/h6-10H,5,11H2,1-4H3,(H,25,27).